The smallest absolute Gasteiger partial charge is 0.287 e. The lowest BCUT2D eigenvalue weighted by Gasteiger charge is -2.22. The average molecular weight is 348 g/mol. The van der Waals surface area contributed by atoms with E-state index < -0.39 is 11.9 Å². The number of carbonyl (C=O) groups excluding carboxylic acids is 2. The first-order valence-electron chi connectivity index (χ1n) is 8.40. The molecule has 0 bridgehead atoms. The molecular formula is C21H20N2O3. The zero-order valence-electron chi connectivity index (χ0n) is 14.4. The lowest BCUT2D eigenvalue weighted by Crippen LogP contribution is -2.46. The van der Waals surface area contributed by atoms with Gasteiger partial charge in [0.15, 0.2) is 5.76 Å². The fraction of sp³-hybridized carbons (Fsp3) is 0.143. The molecule has 2 aromatic carbocycles. The molecular weight excluding hydrogens is 328 g/mol. The Labute approximate surface area is 152 Å². The summed E-state index contributed by atoms with van der Waals surface area (Å²) in [7, 11) is 0. The van der Waals surface area contributed by atoms with Crippen molar-refractivity contribution < 1.29 is 14.0 Å². The van der Waals surface area contributed by atoms with Crippen LogP contribution in [0.3, 0.4) is 0 Å². The Hall–Kier alpha value is -3.34. The van der Waals surface area contributed by atoms with Crippen LogP contribution in [0, 0.1) is 0 Å². The van der Waals surface area contributed by atoms with Gasteiger partial charge in [-0.15, -0.1) is 0 Å². The molecule has 0 spiro atoms. The van der Waals surface area contributed by atoms with E-state index in [9.17, 15) is 9.59 Å². The van der Waals surface area contributed by atoms with Gasteiger partial charge in [-0.3, -0.25) is 9.59 Å². The predicted octanol–water partition coefficient (Wildman–Crippen LogP) is 3.30. The number of rotatable bonds is 6. The van der Waals surface area contributed by atoms with Crippen LogP contribution in [0.5, 0.6) is 0 Å². The van der Waals surface area contributed by atoms with E-state index in [1.165, 1.54) is 6.26 Å². The molecule has 0 saturated heterocycles. The number of benzene rings is 2. The molecule has 1 heterocycles. The van der Waals surface area contributed by atoms with Crippen LogP contribution in [-0.4, -0.2) is 17.9 Å². The van der Waals surface area contributed by atoms with Gasteiger partial charge in [0, 0.05) is 0 Å². The van der Waals surface area contributed by atoms with Crippen molar-refractivity contribution in [3.05, 3.63) is 95.9 Å². The van der Waals surface area contributed by atoms with Gasteiger partial charge < -0.3 is 15.1 Å². The number of furan rings is 1. The molecule has 26 heavy (non-hydrogen) atoms. The number of hydrogen-bond acceptors (Lipinski definition) is 3. The number of amides is 2. The van der Waals surface area contributed by atoms with Crippen molar-refractivity contribution in [3.8, 4) is 0 Å². The van der Waals surface area contributed by atoms with Crippen LogP contribution in [0.25, 0.3) is 0 Å². The third-order valence-corrected chi connectivity index (χ3v) is 4.04. The highest BCUT2D eigenvalue weighted by molar-refractivity contribution is 5.95. The van der Waals surface area contributed by atoms with E-state index in [0.717, 1.165) is 11.1 Å². The van der Waals surface area contributed by atoms with Crippen molar-refractivity contribution in [3.63, 3.8) is 0 Å². The quantitative estimate of drug-likeness (QED) is 0.718. The van der Waals surface area contributed by atoms with Crippen LogP contribution >= 0.6 is 0 Å². The van der Waals surface area contributed by atoms with E-state index >= 15 is 0 Å². The minimum atomic E-state index is -0.706. The van der Waals surface area contributed by atoms with Crippen molar-refractivity contribution in [1.29, 1.82) is 0 Å². The summed E-state index contributed by atoms with van der Waals surface area (Å²) < 4.78 is 5.05. The minimum Gasteiger partial charge on any atom is -0.459 e. The van der Waals surface area contributed by atoms with E-state index in [4.69, 9.17) is 4.42 Å². The van der Waals surface area contributed by atoms with Gasteiger partial charge in [0.25, 0.3) is 5.91 Å². The van der Waals surface area contributed by atoms with E-state index in [2.05, 4.69) is 10.6 Å². The molecule has 2 N–H and O–H groups in total. The van der Waals surface area contributed by atoms with Gasteiger partial charge in [0.2, 0.25) is 5.91 Å². The molecule has 1 aromatic heterocycles. The van der Waals surface area contributed by atoms with Crippen molar-refractivity contribution >= 4 is 11.8 Å². The molecule has 0 aliphatic rings. The average Bonchev–Trinajstić information content (AvgIpc) is 3.22. The van der Waals surface area contributed by atoms with E-state index in [0.29, 0.717) is 0 Å². The Morgan fingerprint density at radius 1 is 0.808 bits per heavy atom. The van der Waals surface area contributed by atoms with Crippen LogP contribution in [0.1, 0.15) is 34.6 Å². The summed E-state index contributed by atoms with van der Waals surface area (Å²) in [6, 6.07) is 21.6. The normalized spacial score (nSPS) is 11.8. The lowest BCUT2D eigenvalue weighted by molar-refractivity contribution is -0.123. The van der Waals surface area contributed by atoms with Gasteiger partial charge in [-0.05, 0) is 30.2 Å². The van der Waals surface area contributed by atoms with Gasteiger partial charge in [-0.2, -0.15) is 0 Å². The number of nitrogens with one attached hydrogen (secondary N) is 2. The number of hydrogen-bond donors (Lipinski definition) is 2. The maximum absolute atomic E-state index is 12.6. The summed E-state index contributed by atoms with van der Waals surface area (Å²) in [6.45, 7) is 1.64. The van der Waals surface area contributed by atoms with Crippen LogP contribution < -0.4 is 10.6 Å². The molecule has 0 radical (unpaired) electrons. The summed E-state index contributed by atoms with van der Waals surface area (Å²) in [5, 5.41) is 5.66. The first-order chi connectivity index (χ1) is 12.6. The number of carbonyl (C=O) groups is 2. The van der Waals surface area contributed by atoms with E-state index in [-0.39, 0.29) is 17.7 Å². The second-order valence-corrected chi connectivity index (χ2v) is 5.94. The van der Waals surface area contributed by atoms with Crippen molar-refractivity contribution in [1.82, 2.24) is 10.6 Å². The summed E-state index contributed by atoms with van der Waals surface area (Å²) in [5.41, 5.74) is 1.94. The molecule has 5 nitrogen and oxygen atoms in total. The zero-order chi connectivity index (χ0) is 18.4. The van der Waals surface area contributed by atoms with Crippen LogP contribution in [-0.2, 0) is 4.79 Å². The SMILES string of the molecule is CC(NC(=O)c1ccco1)C(=O)NC(c1ccccc1)c1ccccc1. The van der Waals surface area contributed by atoms with Crippen molar-refractivity contribution in [2.75, 3.05) is 0 Å². The summed E-state index contributed by atoms with van der Waals surface area (Å²) in [4.78, 5) is 24.7. The third-order valence-electron chi connectivity index (χ3n) is 4.04. The molecule has 0 fully saturated rings. The molecule has 0 saturated carbocycles. The van der Waals surface area contributed by atoms with Gasteiger partial charge in [0.1, 0.15) is 6.04 Å². The lowest BCUT2D eigenvalue weighted by atomic mass is 9.98. The predicted molar refractivity (Wildman–Crippen MR) is 98.5 cm³/mol. The summed E-state index contributed by atoms with van der Waals surface area (Å²) in [6.07, 6.45) is 1.42. The molecule has 2 amide bonds. The standard InChI is InChI=1S/C21H20N2O3/c1-15(22-21(25)18-13-8-14-26-18)20(24)23-19(16-9-4-2-5-10-16)17-11-6-3-7-12-17/h2-15,19H,1H3,(H,22,25)(H,23,24). The van der Waals surface area contributed by atoms with E-state index in [1.54, 1.807) is 19.1 Å². The second-order valence-electron chi connectivity index (χ2n) is 5.94. The highest BCUT2D eigenvalue weighted by Crippen LogP contribution is 2.21. The first kappa shape index (κ1) is 17.5. The fourth-order valence-electron chi connectivity index (χ4n) is 2.66. The summed E-state index contributed by atoms with van der Waals surface area (Å²) in [5.74, 6) is -0.524. The van der Waals surface area contributed by atoms with Crippen molar-refractivity contribution in [2.24, 2.45) is 0 Å². The highest BCUT2D eigenvalue weighted by atomic mass is 16.3. The first-order valence-corrected chi connectivity index (χ1v) is 8.40. The van der Waals surface area contributed by atoms with Crippen LogP contribution in [0.2, 0.25) is 0 Å². The Kier molecular flexibility index (Phi) is 5.49. The van der Waals surface area contributed by atoms with Crippen LogP contribution in [0.4, 0.5) is 0 Å². The largest absolute Gasteiger partial charge is 0.459 e. The molecule has 0 aliphatic carbocycles. The molecule has 3 rings (SSSR count). The Morgan fingerprint density at radius 3 is 1.88 bits per heavy atom. The fourth-order valence-corrected chi connectivity index (χ4v) is 2.66. The molecule has 1 unspecified atom stereocenters. The Balaban J connectivity index is 1.74. The van der Waals surface area contributed by atoms with Gasteiger partial charge in [-0.25, -0.2) is 0 Å². The van der Waals surface area contributed by atoms with Gasteiger partial charge >= 0.3 is 0 Å². The maximum atomic E-state index is 12.6. The topological polar surface area (TPSA) is 71.3 Å². The van der Waals surface area contributed by atoms with Gasteiger partial charge in [0.05, 0.1) is 12.3 Å². The molecule has 132 valence electrons. The Bertz CT molecular complexity index is 806. The molecule has 3 aromatic rings. The van der Waals surface area contributed by atoms with Crippen molar-refractivity contribution in [2.45, 2.75) is 19.0 Å². The second kappa shape index (κ2) is 8.16. The Morgan fingerprint density at radius 2 is 1.38 bits per heavy atom. The van der Waals surface area contributed by atoms with Crippen LogP contribution in [0.15, 0.2) is 83.5 Å². The zero-order valence-corrected chi connectivity index (χ0v) is 14.4. The van der Waals surface area contributed by atoms with Gasteiger partial charge in [-0.1, -0.05) is 60.7 Å². The maximum Gasteiger partial charge on any atom is 0.287 e. The molecule has 0 aliphatic heterocycles. The highest BCUT2D eigenvalue weighted by Gasteiger charge is 2.22. The molecule has 5 heteroatoms. The molecule has 1 atom stereocenters. The summed E-state index contributed by atoms with van der Waals surface area (Å²) >= 11 is 0. The monoisotopic (exact) mass is 348 g/mol. The third kappa shape index (κ3) is 4.19. The van der Waals surface area contributed by atoms with E-state index in [1.807, 2.05) is 60.7 Å². The minimum absolute atomic E-state index is 0.173.